The van der Waals surface area contributed by atoms with E-state index in [0.717, 1.165) is 44.9 Å². The third kappa shape index (κ3) is 1.93. The molecule has 3 nitrogen and oxygen atoms in total. The van der Waals surface area contributed by atoms with Crippen molar-refractivity contribution in [3.8, 4) is 0 Å². The van der Waals surface area contributed by atoms with E-state index < -0.39 is 5.60 Å². The van der Waals surface area contributed by atoms with Crippen molar-refractivity contribution < 1.29 is 10.2 Å². The van der Waals surface area contributed by atoms with Gasteiger partial charge in [-0.15, -0.1) is 0 Å². The Hall–Kier alpha value is -0.410. The standard InChI is InChI=1S/C20H33NO2/c1-18-8-6-15(22)11-13(18)3-4-17-16(18)7-9-19(2)14(12-21)5-10-20(17,19)23/h12-17,21-23H,3-11H2,1-2H3/t13?,14?,15?,16-,17-,18+,19-,20-/m1/s1. The molecule has 0 radical (unpaired) electrons. The molecule has 4 aliphatic carbocycles. The molecule has 8 atom stereocenters. The third-order valence-corrected chi connectivity index (χ3v) is 9.10. The number of nitrogens with one attached hydrogen (secondary N) is 1. The Labute approximate surface area is 140 Å². The van der Waals surface area contributed by atoms with Crippen LogP contribution in [0.5, 0.6) is 0 Å². The van der Waals surface area contributed by atoms with Crippen LogP contribution in [-0.4, -0.2) is 28.1 Å². The number of fused-ring (bicyclic) bond motifs is 5. The van der Waals surface area contributed by atoms with Gasteiger partial charge in [0, 0.05) is 11.3 Å². The highest BCUT2D eigenvalue weighted by Gasteiger charge is 2.66. The lowest BCUT2D eigenvalue weighted by atomic mass is 9.43. The summed E-state index contributed by atoms with van der Waals surface area (Å²) in [5.74, 6) is 1.91. The molecule has 4 aliphatic rings. The zero-order valence-corrected chi connectivity index (χ0v) is 14.7. The van der Waals surface area contributed by atoms with Crippen LogP contribution < -0.4 is 0 Å². The first kappa shape index (κ1) is 16.1. The normalized spacial score (nSPS) is 58.9. The Balaban J connectivity index is 1.68. The van der Waals surface area contributed by atoms with Crippen molar-refractivity contribution in [2.75, 3.05) is 0 Å². The molecular weight excluding hydrogens is 286 g/mol. The predicted octanol–water partition coefficient (Wildman–Crippen LogP) is 3.77. The third-order valence-electron chi connectivity index (χ3n) is 9.10. The Morgan fingerprint density at radius 1 is 0.957 bits per heavy atom. The lowest BCUT2D eigenvalue weighted by Gasteiger charge is -2.63. The first-order valence-electron chi connectivity index (χ1n) is 9.76. The average molecular weight is 319 g/mol. The van der Waals surface area contributed by atoms with Gasteiger partial charge in [-0.1, -0.05) is 13.8 Å². The van der Waals surface area contributed by atoms with Crippen molar-refractivity contribution in [3.63, 3.8) is 0 Å². The van der Waals surface area contributed by atoms with Crippen LogP contribution >= 0.6 is 0 Å². The molecule has 0 aromatic carbocycles. The van der Waals surface area contributed by atoms with Gasteiger partial charge in [0.1, 0.15) is 0 Å². The molecule has 0 spiro atoms. The lowest BCUT2D eigenvalue weighted by molar-refractivity contribution is -0.206. The van der Waals surface area contributed by atoms with Crippen LogP contribution in [0.15, 0.2) is 0 Å². The summed E-state index contributed by atoms with van der Waals surface area (Å²) < 4.78 is 0. The van der Waals surface area contributed by atoms with Crippen molar-refractivity contribution in [2.45, 2.75) is 83.3 Å². The molecular formula is C20H33NO2. The Kier molecular flexibility index (Phi) is 3.53. The van der Waals surface area contributed by atoms with Crippen LogP contribution in [0.3, 0.4) is 0 Å². The summed E-state index contributed by atoms with van der Waals surface area (Å²) in [6.45, 7) is 4.71. The second kappa shape index (κ2) is 5.05. The number of rotatable bonds is 1. The van der Waals surface area contributed by atoms with E-state index in [1.165, 1.54) is 12.8 Å². The minimum absolute atomic E-state index is 0.0900. The molecule has 130 valence electrons. The highest BCUT2D eigenvalue weighted by atomic mass is 16.3. The summed E-state index contributed by atoms with van der Waals surface area (Å²) in [6.07, 6.45) is 11.0. The number of aliphatic hydroxyl groups is 2. The van der Waals surface area contributed by atoms with Crippen LogP contribution in [-0.2, 0) is 0 Å². The largest absolute Gasteiger partial charge is 0.393 e. The molecule has 0 bridgehead atoms. The predicted molar refractivity (Wildman–Crippen MR) is 91.5 cm³/mol. The van der Waals surface area contributed by atoms with Crippen molar-refractivity contribution >= 4 is 6.21 Å². The first-order valence-corrected chi connectivity index (χ1v) is 9.76. The maximum atomic E-state index is 11.8. The number of hydrogen-bond acceptors (Lipinski definition) is 3. The number of hydrogen-bond donors (Lipinski definition) is 3. The van der Waals surface area contributed by atoms with Crippen LogP contribution in [0.25, 0.3) is 0 Å². The quantitative estimate of drug-likeness (QED) is 0.644. The summed E-state index contributed by atoms with van der Waals surface area (Å²) in [7, 11) is 0. The van der Waals surface area contributed by atoms with Gasteiger partial charge in [-0.3, -0.25) is 0 Å². The smallest absolute Gasteiger partial charge is 0.0738 e. The molecule has 0 saturated heterocycles. The summed E-state index contributed by atoms with van der Waals surface area (Å²) in [4.78, 5) is 0. The zero-order valence-electron chi connectivity index (χ0n) is 14.7. The molecule has 3 N–H and O–H groups in total. The van der Waals surface area contributed by atoms with E-state index in [1.807, 2.05) is 0 Å². The molecule has 4 rings (SSSR count). The molecule has 4 fully saturated rings. The van der Waals surface area contributed by atoms with Crippen LogP contribution in [0.1, 0.15) is 71.6 Å². The van der Waals surface area contributed by atoms with Crippen molar-refractivity contribution in [1.29, 1.82) is 5.41 Å². The second-order valence-electron chi connectivity index (χ2n) is 9.61. The van der Waals surface area contributed by atoms with E-state index in [9.17, 15) is 10.2 Å². The topological polar surface area (TPSA) is 64.3 Å². The zero-order chi connectivity index (χ0) is 16.5. The number of aliphatic hydroxyl groups excluding tert-OH is 1. The molecule has 0 aromatic rings. The fourth-order valence-electron chi connectivity index (χ4n) is 7.51. The lowest BCUT2D eigenvalue weighted by Crippen LogP contribution is -2.62. The average Bonchev–Trinajstić information content (AvgIpc) is 2.79. The second-order valence-corrected chi connectivity index (χ2v) is 9.61. The van der Waals surface area contributed by atoms with Gasteiger partial charge >= 0.3 is 0 Å². The van der Waals surface area contributed by atoms with E-state index in [1.54, 1.807) is 6.21 Å². The summed E-state index contributed by atoms with van der Waals surface area (Å²) in [5, 5.41) is 29.7. The van der Waals surface area contributed by atoms with E-state index in [0.29, 0.717) is 23.2 Å². The maximum absolute atomic E-state index is 11.8. The van der Waals surface area contributed by atoms with Crippen LogP contribution in [0, 0.1) is 39.9 Å². The summed E-state index contributed by atoms with van der Waals surface area (Å²) in [5.41, 5.74) is -0.350. The highest BCUT2D eigenvalue weighted by Crippen LogP contribution is 2.68. The molecule has 0 aliphatic heterocycles. The van der Waals surface area contributed by atoms with Gasteiger partial charge in [0.05, 0.1) is 11.7 Å². The summed E-state index contributed by atoms with van der Waals surface area (Å²) >= 11 is 0. The molecule has 0 aromatic heterocycles. The minimum Gasteiger partial charge on any atom is -0.393 e. The maximum Gasteiger partial charge on any atom is 0.0738 e. The van der Waals surface area contributed by atoms with Crippen LogP contribution in [0.4, 0.5) is 0 Å². The van der Waals surface area contributed by atoms with E-state index in [4.69, 9.17) is 5.41 Å². The van der Waals surface area contributed by atoms with Gasteiger partial charge in [0.15, 0.2) is 0 Å². The van der Waals surface area contributed by atoms with Crippen molar-refractivity contribution in [3.05, 3.63) is 0 Å². The fourth-order valence-corrected chi connectivity index (χ4v) is 7.51. The fraction of sp³-hybridized carbons (Fsp3) is 0.950. The Bertz CT molecular complexity index is 508. The molecule has 3 heteroatoms. The van der Waals surface area contributed by atoms with Crippen LogP contribution in [0.2, 0.25) is 0 Å². The van der Waals surface area contributed by atoms with Gasteiger partial charge < -0.3 is 15.6 Å². The van der Waals surface area contributed by atoms with E-state index >= 15 is 0 Å². The SMILES string of the molecule is C[C@]12CCC(O)CC1CC[C@@H]1[C@H]2CC[C@]2(C)C(C=N)CC[C@@]12O. The Morgan fingerprint density at radius 3 is 2.48 bits per heavy atom. The van der Waals surface area contributed by atoms with E-state index in [-0.39, 0.29) is 17.4 Å². The Morgan fingerprint density at radius 2 is 1.74 bits per heavy atom. The highest BCUT2D eigenvalue weighted by molar-refractivity contribution is 5.60. The summed E-state index contributed by atoms with van der Waals surface area (Å²) in [6, 6.07) is 0. The molecule has 0 heterocycles. The van der Waals surface area contributed by atoms with E-state index in [2.05, 4.69) is 13.8 Å². The van der Waals surface area contributed by atoms with Gasteiger partial charge in [-0.2, -0.15) is 0 Å². The van der Waals surface area contributed by atoms with Gasteiger partial charge in [0.2, 0.25) is 0 Å². The van der Waals surface area contributed by atoms with Gasteiger partial charge in [-0.25, -0.2) is 0 Å². The van der Waals surface area contributed by atoms with Gasteiger partial charge in [-0.05, 0) is 87.2 Å². The molecule has 23 heavy (non-hydrogen) atoms. The van der Waals surface area contributed by atoms with Gasteiger partial charge in [0.25, 0.3) is 0 Å². The first-order chi connectivity index (χ1) is 10.8. The molecule has 3 unspecified atom stereocenters. The molecule has 0 amide bonds. The monoisotopic (exact) mass is 319 g/mol. The molecule has 4 saturated carbocycles. The van der Waals surface area contributed by atoms with Crippen molar-refractivity contribution in [1.82, 2.24) is 0 Å². The minimum atomic E-state index is -0.567. The van der Waals surface area contributed by atoms with Crippen molar-refractivity contribution in [2.24, 2.45) is 34.5 Å².